The van der Waals surface area contributed by atoms with E-state index in [1.165, 1.54) is 31.5 Å². The summed E-state index contributed by atoms with van der Waals surface area (Å²) in [6.45, 7) is 2.63. The van der Waals surface area contributed by atoms with Crippen LogP contribution in [-0.2, 0) is 0 Å². The van der Waals surface area contributed by atoms with Gasteiger partial charge in [-0.05, 0) is 22.4 Å². The van der Waals surface area contributed by atoms with Gasteiger partial charge in [-0.1, -0.05) is 32.6 Å². The van der Waals surface area contributed by atoms with Crippen LogP contribution in [-0.4, -0.2) is 16.5 Å². The van der Waals surface area contributed by atoms with E-state index in [1.54, 1.807) is 0 Å². The molecule has 0 N–H and O–H groups in total. The van der Waals surface area contributed by atoms with Crippen molar-refractivity contribution in [2.75, 3.05) is 6.61 Å². The molecule has 1 aromatic heterocycles. The van der Waals surface area contributed by atoms with E-state index in [-0.39, 0.29) is 11.6 Å². The molecule has 0 unspecified atom stereocenters. The van der Waals surface area contributed by atoms with Crippen molar-refractivity contribution in [1.82, 2.24) is 4.98 Å². The van der Waals surface area contributed by atoms with Crippen LogP contribution in [0, 0.1) is 10.1 Å². The number of pyridine rings is 1. The monoisotopic (exact) mass is 316 g/mol. The van der Waals surface area contributed by atoms with Gasteiger partial charge in [-0.15, -0.1) is 0 Å². The first-order valence-electron chi connectivity index (χ1n) is 6.08. The molecule has 1 aromatic rings. The van der Waals surface area contributed by atoms with Gasteiger partial charge in [-0.3, -0.25) is 10.1 Å². The van der Waals surface area contributed by atoms with Crippen molar-refractivity contribution >= 4 is 21.6 Å². The summed E-state index contributed by atoms with van der Waals surface area (Å²) >= 11 is 3.15. The molecule has 18 heavy (non-hydrogen) atoms. The summed E-state index contributed by atoms with van der Waals surface area (Å²) < 4.78 is 5.93. The van der Waals surface area contributed by atoms with Gasteiger partial charge in [0.05, 0.1) is 11.5 Å². The molecule has 0 amide bonds. The third kappa shape index (κ3) is 5.00. The Balaban J connectivity index is 2.44. The fraction of sp³-hybridized carbons (Fsp3) is 0.583. The highest BCUT2D eigenvalue weighted by Gasteiger charge is 2.17. The number of unbranched alkanes of at least 4 members (excludes halogenated alkanes) is 4. The van der Waals surface area contributed by atoms with Gasteiger partial charge in [-0.25, -0.2) is 4.98 Å². The molecule has 6 heteroatoms. The molecule has 0 saturated heterocycles. The zero-order valence-electron chi connectivity index (χ0n) is 10.4. The first-order valence-corrected chi connectivity index (χ1v) is 6.87. The molecule has 0 fully saturated rings. The van der Waals surface area contributed by atoms with Crippen LogP contribution in [0.2, 0.25) is 0 Å². The zero-order chi connectivity index (χ0) is 13.4. The summed E-state index contributed by atoms with van der Waals surface area (Å²) in [5.41, 5.74) is -0.0991. The summed E-state index contributed by atoms with van der Waals surface area (Å²) in [5.74, 6) is 0.0960. The molecule has 0 bridgehead atoms. The van der Waals surface area contributed by atoms with Gasteiger partial charge in [0, 0.05) is 16.7 Å². The lowest BCUT2D eigenvalue weighted by Gasteiger charge is -2.05. The summed E-state index contributed by atoms with van der Waals surface area (Å²) in [6, 6.07) is 1.40. The van der Waals surface area contributed by atoms with Crippen molar-refractivity contribution < 1.29 is 9.66 Å². The third-order valence-electron chi connectivity index (χ3n) is 2.48. The summed E-state index contributed by atoms with van der Waals surface area (Å²) in [5, 5.41) is 10.8. The van der Waals surface area contributed by atoms with Crippen LogP contribution in [0.4, 0.5) is 5.69 Å². The van der Waals surface area contributed by atoms with Gasteiger partial charge in [-0.2, -0.15) is 0 Å². The maximum absolute atomic E-state index is 10.8. The van der Waals surface area contributed by atoms with Crippen molar-refractivity contribution in [3.8, 4) is 5.88 Å². The average Bonchev–Trinajstić information content (AvgIpc) is 2.35. The molecule has 0 aromatic carbocycles. The Morgan fingerprint density at radius 3 is 2.78 bits per heavy atom. The van der Waals surface area contributed by atoms with Crippen molar-refractivity contribution in [3.63, 3.8) is 0 Å². The first-order chi connectivity index (χ1) is 8.65. The van der Waals surface area contributed by atoms with Crippen LogP contribution in [0.1, 0.15) is 39.0 Å². The number of ether oxygens (including phenoxy) is 1. The Morgan fingerprint density at radius 1 is 1.39 bits per heavy atom. The molecule has 100 valence electrons. The molecule has 5 nitrogen and oxygen atoms in total. The second kappa shape index (κ2) is 8.02. The summed E-state index contributed by atoms with van der Waals surface area (Å²) in [6.07, 6.45) is 7.07. The lowest BCUT2D eigenvalue weighted by Crippen LogP contribution is -2.02. The number of hydrogen-bond acceptors (Lipinski definition) is 4. The number of nitro groups is 1. The standard InChI is InChI=1S/C12H17BrN2O3/c1-2-3-4-5-6-7-18-12-11(15(16)17)8-10(13)9-14-12/h8-9H,2-7H2,1H3. The minimum Gasteiger partial charge on any atom is -0.473 e. The maximum atomic E-state index is 10.8. The van der Waals surface area contributed by atoms with Crippen LogP contribution < -0.4 is 4.74 Å². The number of aromatic nitrogens is 1. The van der Waals surface area contributed by atoms with E-state index in [9.17, 15) is 10.1 Å². The predicted octanol–water partition coefficient (Wildman–Crippen LogP) is 4.10. The molecule has 0 spiro atoms. The van der Waals surface area contributed by atoms with Crippen molar-refractivity contribution in [3.05, 3.63) is 26.9 Å². The Bertz CT molecular complexity index is 399. The normalized spacial score (nSPS) is 10.3. The van der Waals surface area contributed by atoms with Gasteiger partial charge in [0.2, 0.25) is 0 Å². The topological polar surface area (TPSA) is 65.3 Å². The SMILES string of the molecule is CCCCCCCOc1ncc(Br)cc1[N+](=O)[O-]. The van der Waals surface area contributed by atoms with Gasteiger partial charge in [0.25, 0.3) is 5.88 Å². The van der Waals surface area contributed by atoms with Crippen LogP contribution >= 0.6 is 15.9 Å². The zero-order valence-corrected chi connectivity index (χ0v) is 12.0. The Morgan fingerprint density at radius 2 is 2.11 bits per heavy atom. The number of nitrogens with zero attached hydrogens (tertiary/aromatic N) is 2. The van der Waals surface area contributed by atoms with E-state index in [0.717, 1.165) is 12.8 Å². The molecule has 0 saturated carbocycles. The van der Waals surface area contributed by atoms with E-state index in [4.69, 9.17) is 4.74 Å². The van der Waals surface area contributed by atoms with E-state index < -0.39 is 4.92 Å². The molecule has 0 radical (unpaired) electrons. The molecule has 0 aliphatic heterocycles. The lowest BCUT2D eigenvalue weighted by molar-refractivity contribution is -0.386. The quantitative estimate of drug-likeness (QED) is 0.411. The Hall–Kier alpha value is -1.17. The molecular formula is C12H17BrN2O3. The van der Waals surface area contributed by atoms with E-state index in [1.807, 2.05) is 0 Å². The molecule has 0 aliphatic rings. The summed E-state index contributed by atoms with van der Waals surface area (Å²) in [7, 11) is 0. The van der Waals surface area contributed by atoms with E-state index >= 15 is 0 Å². The second-order valence-corrected chi connectivity index (χ2v) is 4.91. The molecular weight excluding hydrogens is 300 g/mol. The number of rotatable bonds is 8. The third-order valence-corrected chi connectivity index (χ3v) is 2.92. The average molecular weight is 317 g/mol. The minimum absolute atomic E-state index is 0.0960. The van der Waals surface area contributed by atoms with Gasteiger partial charge < -0.3 is 4.74 Å². The van der Waals surface area contributed by atoms with Crippen molar-refractivity contribution in [2.45, 2.75) is 39.0 Å². The molecule has 0 aliphatic carbocycles. The highest BCUT2D eigenvalue weighted by Crippen LogP contribution is 2.27. The second-order valence-electron chi connectivity index (χ2n) is 4.00. The summed E-state index contributed by atoms with van der Waals surface area (Å²) in [4.78, 5) is 14.3. The van der Waals surface area contributed by atoms with Crippen LogP contribution in [0.15, 0.2) is 16.7 Å². The van der Waals surface area contributed by atoms with Crippen molar-refractivity contribution in [1.29, 1.82) is 0 Å². The van der Waals surface area contributed by atoms with Crippen molar-refractivity contribution in [2.24, 2.45) is 0 Å². The van der Waals surface area contributed by atoms with Crippen LogP contribution in [0.5, 0.6) is 5.88 Å². The molecule has 0 atom stereocenters. The van der Waals surface area contributed by atoms with Crippen LogP contribution in [0.3, 0.4) is 0 Å². The highest BCUT2D eigenvalue weighted by atomic mass is 79.9. The van der Waals surface area contributed by atoms with E-state index in [2.05, 4.69) is 27.8 Å². The van der Waals surface area contributed by atoms with Gasteiger partial charge >= 0.3 is 5.69 Å². The first kappa shape index (κ1) is 14.9. The van der Waals surface area contributed by atoms with E-state index in [0.29, 0.717) is 11.1 Å². The molecule has 1 heterocycles. The Kier molecular flexibility index (Phi) is 6.64. The minimum atomic E-state index is -0.482. The maximum Gasteiger partial charge on any atom is 0.332 e. The highest BCUT2D eigenvalue weighted by molar-refractivity contribution is 9.10. The fourth-order valence-electron chi connectivity index (χ4n) is 1.53. The van der Waals surface area contributed by atoms with Gasteiger partial charge in [0.15, 0.2) is 0 Å². The fourth-order valence-corrected chi connectivity index (χ4v) is 1.85. The number of hydrogen-bond donors (Lipinski definition) is 0. The molecule has 1 rings (SSSR count). The predicted molar refractivity (Wildman–Crippen MR) is 72.8 cm³/mol. The van der Waals surface area contributed by atoms with Gasteiger partial charge in [0.1, 0.15) is 0 Å². The lowest BCUT2D eigenvalue weighted by atomic mass is 10.2. The Labute approximate surface area is 115 Å². The largest absolute Gasteiger partial charge is 0.473 e. The van der Waals surface area contributed by atoms with Crippen LogP contribution in [0.25, 0.3) is 0 Å². The number of halogens is 1. The smallest absolute Gasteiger partial charge is 0.332 e.